The van der Waals surface area contributed by atoms with E-state index in [4.69, 9.17) is 0 Å². The second-order valence-electron chi connectivity index (χ2n) is 5.68. The zero-order valence-corrected chi connectivity index (χ0v) is 11.6. The Morgan fingerprint density at radius 2 is 2.22 bits per heavy atom. The number of carbonyl (C=O) groups is 1. The Kier molecular flexibility index (Phi) is 5.29. The summed E-state index contributed by atoms with van der Waals surface area (Å²) in [6, 6.07) is 0.685. The van der Waals surface area contributed by atoms with Crippen LogP contribution < -0.4 is 10.6 Å². The first-order valence-corrected chi connectivity index (χ1v) is 7.56. The van der Waals surface area contributed by atoms with Crippen LogP contribution in [-0.2, 0) is 0 Å². The van der Waals surface area contributed by atoms with Crippen LogP contribution in [-0.4, -0.2) is 43.2 Å². The van der Waals surface area contributed by atoms with Crippen LogP contribution in [0.2, 0.25) is 0 Å². The van der Waals surface area contributed by atoms with E-state index in [2.05, 4.69) is 22.5 Å². The highest BCUT2D eigenvalue weighted by Gasteiger charge is 2.34. The van der Waals surface area contributed by atoms with Crippen molar-refractivity contribution in [3.63, 3.8) is 0 Å². The molecule has 104 valence electrons. The highest BCUT2D eigenvalue weighted by molar-refractivity contribution is 5.74. The van der Waals surface area contributed by atoms with Gasteiger partial charge in [-0.25, -0.2) is 4.79 Å². The van der Waals surface area contributed by atoms with Gasteiger partial charge in [0.25, 0.3) is 0 Å². The van der Waals surface area contributed by atoms with Gasteiger partial charge in [0.1, 0.15) is 0 Å². The van der Waals surface area contributed by atoms with Gasteiger partial charge in [-0.1, -0.05) is 13.3 Å². The number of nitrogens with one attached hydrogen (secondary N) is 2. The first kappa shape index (κ1) is 13.7. The minimum atomic E-state index is 0.163. The van der Waals surface area contributed by atoms with Crippen molar-refractivity contribution in [3.05, 3.63) is 0 Å². The molecule has 1 heterocycles. The lowest BCUT2D eigenvalue weighted by atomic mass is 9.99. The Hall–Kier alpha value is -0.770. The molecule has 18 heavy (non-hydrogen) atoms. The van der Waals surface area contributed by atoms with E-state index in [1.54, 1.807) is 0 Å². The number of piperidine rings is 1. The van der Waals surface area contributed by atoms with Crippen molar-refractivity contribution in [1.82, 2.24) is 15.5 Å². The van der Waals surface area contributed by atoms with Crippen LogP contribution in [0.1, 0.15) is 45.4 Å². The molecule has 1 saturated heterocycles. The van der Waals surface area contributed by atoms with Gasteiger partial charge >= 0.3 is 6.03 Å². The van der Waals surface area contributed by atoms with Crippen molar-refractivity contribution < 1.29 is 4.79 Å². The topological polar surface area (TPSA) is 44.4 Å². The van der Waals surface area contributed by atoms with Gasteiger partial charge in [0, 0.05) is 19.1 Å². The van der Waals surface area contributed by atoms with Crippen LogP contribution in [0.4, 0.5) is 4.79 Å². The van der Waals surface area contributed by atoms with Crippen LogP contribution in [0.3, 0.4) is 0 Å². The fourth-order valence-corrected chi connectivity index (χ4v) is 2.62. The molecule has 2 aliphatic rings. The van der Waals surface area contributed by atoms with Gasteiger partial charge in [0.15, 0.2) is 0 Å². The van der Waals surface area contributed by atoms with E-state index in [1.165, 1.54) is 25.7 Å². The number of hydrogen-bond acceptors (Lipinski definition) is 2. The van der Waals surface area contributed by atoms with Gasteiger partial charge in [-0.15, -0.1) is 0 Å². The van der Waals surface area contributed by atoms with E-state index in [0.717, 1.165) is 39.0 Å². The van der Waals surface area contributed by atoms with E-state index in [0.29, 0.717) is 12.0 Å². The molecule has 0 aromatic carbocycles. The third-order valence-electron chi connectivity index (χ3n) is 3.91. The fourth-order valence-electron chi connectivity index (χ4n) is 2.62. The van der Waals surface area contributed by atoms with Crippen LogP contribution in [0.25, 0.3) is 0 Å². The summed E-state index contributed by atoms with van der Waals surface area (Å²) >= 11 is 0. The van der Waals surface area contributed by atoms with Crippen LogP contribution >= 0.6 is 0 Å². The van der Waals surface area contributed by atoms with Crippen LogP contribution in [0, 0.1) is 5.92 Å². The van der Waals surface area contributed by atoms with E-state index in [-0.39, 0.29) is 6.03 Å². The summed E-state index contributed by atoms with van der Waals surface area (Å²) in [5.41, 5.74) is 0. The average Bonchev–Trinajstić information content (AvgIpc) is 3.21. The van der Waals surface area contributed by atoms with Crippen LogP contribution in [0.15, 0.2) is 0 Å². The van der Waals surface area contributed by atoms with Gasteiger partial charge in [0.05, 0.1) is 0 Å². The lowest BCUT2D eigenvalue weighted by Gasteiger charge is -2.30. The number of hydrogen-bond donors (Lipinski definition) is 2. The second kappa shape index (κ2) is 6.98. The second-order valence-corrected chi connectivity index (χ2v) is 5.68. The summed E-state index contributed by atoms with van der Waals surface area (Å²) < 4.78 is 0. The monoisotopic (exact) mass is 253 g/mol. The molecule has 4 heteroatoms. The summed E-state index contributed by atoms with van der Waals surface area (Å²) in [6.07, 6.45) is 7.12. The molecule has 2 fully saturated rings. The summed E-state index contributed by atoms with van der Waals surface area (Å²) in [7, 11) is 0. The maximum Gasteiger partial charge on any atom is 0.317 e. The van der Waals surface area contributed by atoms with E-state index in [1.807, 2.05) is 0 Å². The number of urea groups is 1. The smallest absolute Gasteiger partial charge is 0.317 e. The summed E-state index contributed by atoms with van der Waals surface area (Å²) in [6.45, 7) is 6.13. The third-order valence-corrected chi connectivity index (χ3v) is 3.91. The molecule has 1 aliphatic carbocycles. The van der Waals surface area contributed by atoms with Gasteiger partial charge in [-0.3, -0.25) is 0 Å². The molecule has 0 aromatic heterocycles. The molecule has 0 bridgehead atoms. The summed E-state index contributed by atoms with van der Waals surface area (Å²) in [4.78, 5) is 14.3. The van der Waals surface area contributed by atoms with E-state index >= 15 is 0 Å². The molecule has 0 radical (unpaired) electrons. The highest BCUT2D eigenvalue weighted by atomic mass is 16.2. The number of carbonyl (C=O) groups excluding carboxylic acids is 1. The lowest BCUT2D eigenvalue weighted by molar-refractivity contribution is 0.177. The van der Waals surface area contributed by atoms with Crippen molar-refractivity contribution in [1.29, 1.82) is 0 Å². The standard InChI is InChI=1S/C14H27N3O/c1-2-3-9-16-14(18)17(13-6-7-13)11-12-5-4-8-15-10-12/h12-13,15H,2-11H2,1H3,(H,16,18). The van der Waals surface area contributed by atoms with Gasteiger partial charge in [-0.2, -0.15) is 0 Å². The largest absolute Gasteiger partial charge is 0.338 e. The molecule has 2 N–H and O–H groups in total. The van der Waals surface area contributed by atoms with Crippen molar-refractivity contribution in [3.8, 4) is 0 Å². The zero-order valence-electron chi connectivity index (χ0n) is 11.6. The summed E-state index contributed by atoms with van der Waals surface area (Å²) in [5, 5.41) is 6.49. The Bertz CT molecular complexity index is 260. The molecule has 1 atom stereocenters. The lowest BCUT2D eigenvalue weighted by Crippen LogP contribution is -2.46. The number of rotatable bonds is 6. The maximum atomic E-state index is 12.2. The first-order chi connectivity index (χ1) is 8.81. The molecular weight excluding hydrogens is 226 g/mol. The molecule has 1 unspecified atom stereocenters. The van der Waals surface area contributed by atoms with Crippen molar-refractivity contribution >= 4 is 6.03 Å². The number of amides is 2. The molecule has 0 aromatic rings. The van der Waals surface area contributed by atoms with Gasteiger partial charge in [0.2, 0.25) is 0 Å². The fraction of sp³-hybridized carbons (Fsp3) is 0.929. The number of unbranched alkanes of at least 4 members (excludes halogenated alkanes) is 1. The minimum absolute atomic E-state index is 0.163. The SMILES string of the molecule is CCCCNC(=O)N(CC1CCCNC1)C1CC1. The molecule has 1 saturated carbocycles. The van der Waals surface area contributed by atoms with Gasteiger partial charge in [-0.05, 0) is 51.1 Å². The Morgan fingerprint density at radius 1 is 1.39 bits per heavy atom. The quantitative estimate of drug-likeness (QED) is 0.711. The van der Waals surface area contributed by atoms with Crippen molar-refractivity contribution in [2.75, 3.05) is 26.2 Å². The third kappa shape index (κ3) is 4.16. The predicted octanol–water partition coefficient (Wildman–Crippen LogP) is 1.96. The highest BCUT2D eigenvalue weighted by Crippen LogP contribution is 2.28. The first-order valence-electron chi connectivity index (χ1n) is 7.56. The van der Waals surface area contributed by atoms with E-state index < -0.39 is 0 Å². The van der Waals surface area contributed by atoms with E-state index in [9.17, 15) is 4.79 Å². The molecule has 2 rings (SSSR count). The molecule has 4 nitrogen and oxygen atoms in total. The number of nitrogens with zero attached hydrogens (tertiary/aromatic N) is 1. The molecule has 1 aliphatic heterocycles. The molecule has 2 amide bonds. The Balaban J connectivity index is 1.77. The van der Waals surface area contributed by atoms with Crippen molar-refractivity contribution in [2.45, 2.75) is 51.5 Å². The summed E-state index contributed by atoms with van der Waals surface area (Å²) in [5.74, 6) is 0.649. The average molecular weight is 253 g/mol. The normalized spacial score (nSPS) is 23.7. The van der Waals surface area contributed by atoms with Crippen molar-refractivity contribution in [2.24, 2.45) is 5.92 Å². The maximum absolute atomic E-state index is 12.2. The van der Waals surface area contributed by atoms with Gasteiger partial charge < -0.3 is 15.5 Å². The zero-order chi connectivity index (χ0) is 12.8. The Labute approximate surface area is 110 Å². The predicted molar refractivity (Wildman–Crippen MR) is 73.6 cm³/mol. The van der Waals surface area contributed by atoms with Crippen LogP contribution in [0.5, 0.6) is 0 Å². The molecule has 0 spiro atoms. The minimum Gasteiger partial charge on any atom is -0.338 e. The molecular formula is C14H27N3O. The Morgan fingerprint density at radius 3 is 2.83 bits per heavy atom.